The van der Waals surface area contributed by atoms with Crippen molar-refractivity contribution in [1.29, 1.82) is 0 Å². The molecular formula is C24H24N2O2. The fourth-order valence-corrected chi connectivity index (χ4v) is 3.95. The molecule has 2 heterocycles. The van der Waals surface area contributed by atoms with Crippen molar-refractivity contribution in [3.8, 4) is 11.1 Å². The summed E-state index contributed by atoms with van der Waals surface area (Å²) in [6.07, 6.45) is 1.86. The van der Waals surface area contributed by atoms with Crippen LogP contribution >= 0.6 is 0 Å². The summed E-state index contributed by atoms with van der Waals surface area (Å²) in [5, 5.41) is 2.27. The number of hydrogen-bond donors (Lipinski definition) is 0. The molecule has 142 valence electrons. The third-order valence-corrected chi connectivity index (χ3v) is 5.24. The van der Waals surface area contributed by atoms with Gasteiger partial charge in [0.25, 0.3) is 0 Å². The predicted molar refractivity (Wildman–Crippen MR) is 114 cm³/mol. The molecule has 0 bridgehead atoms. The summed E-state index contributed by atoms with van der Waals surface area (Å²) in [5.41, 5.74) is 7.76. The van der Waals surface area contributed by atoms with Crippen LogP contribution < -0.4 is 0 Å². The lowest BCUT2D eigenvalue weighted by atomic mass is 9.97. The Morgan fingerprint density at radius 1 is 1.00 bits per heavy atom. The van der Waals surface area contributed by atoms with Crippen LogP contribution in [0.4, 0.5) is 0 Å². The van der Waals surface area contributed by atoms with E-state index in [0.717, 1.165) is 38.6 Å². The monoisotopic (exact) mass is 372 g/mol. The molecular weight excluding hydrogens is 348 g/mol. The van der Waals surface area contributed by atoms with Crippen molar-refractivity contribution in [2.45, 2.75) is 34.2 Å². The number of pyridine rings is 1. The maximum absolute atomic E-state index is 12.2. The van der Waals surface area contributed by atoms with E-state index in [9.17, 15) is 4.79 Å². The summed E-state index contributed by atoms with van der Waals surface area (Å²) in [5.74, 6) is -0.218. The number of nitrogens with zero attached hydrogens (tertiary/aromatic N) is 2. The average Bonchev–Trinajstić information content (AvgIpc) is 2.92. The van der Waals surface area contributed by atoms with Crippen molar-refractivity contribution in [2.75, 3.05) is 6.61 Å². The van der Waals surface area contributed by atoms with Crippen LogP contribution in [0.1, 0.15) is 23.7 Å². The first kappa shape index (κ1) is 18.2. The van der Waals surface area contributed by atoms with Crippen LogP contribution in [0, 0.1) is 20.8 Å². The van der Waals surface area contributed by atoms with Gasteiger partial charge in [-0.05, 0) is 63.1 Å². The molecule has 0 aliphatic rings. The predicted octanol–water partition coefficient (Wildman–Crippen LogP) is 5.34. The van der Waals surface area contributed by atoms with E-state index in [0.29, 0.717) is 6.61 Å². The first-order valence-electron chi connectivity index (χ1n) is 9.60. The molecule has 4 rings (SSSR count). The molecule has 0 amide bonds. The van der Waals surface area contributed by atoms with Crippen LogP contribution in [0.2, 0.25) is 0 Å². The standard InChI is InChI=1S/C24H24N2O2/c1-5-28-23(27)14-26-17(4)24(20-12-15(2)7-9-22(20)26)19-10-11-25-21-13-16(3)6-8-18(19)21/h6-13H,5,14H2,1-4H3. The third kappa shape index (κ3) is 3.05. The van der Waals surface area contributed by atoms with Gasteiger partial charge in [-0.1, -0.05) is 23.8 Å². The zero-order valence-corrected chi connectivity index (χ0v) is 16.7. The highest BCUT2D eigenvalue weighted by atomic mass is 16.5. The molecule has 0 aliphatic carbocycles. The molecule has 4 nitrogen and oxygen atoms in total. The molecule has 0 radical (unpaired) electrons. The molecule has 0 fully saturated rings. The molecule has 4 heteroatoms. The molecule has 0 saturated carbocycles. The van der Waals surface area contributed by atoms with Gasteiger partial charge < -0.3 is 9.30 Å². The summed E-state index contributed by atoms with van der Waals surface area (Å²) in [4.78, 5) is 16.8. The number of rotatable bonds is 4. The minimum atomic E-state index is -0.218. The Hall–Kier alpha value is -3.14. The zero-order chi connectivity index (χ0) is 19.8. The van der Waals surface area contributed by atoms with Crippen molar-refractivity contribution in [2.24, 2.45) is 0 Å². The van der Waals surface area contributed by atoms with Gasteiger partial charge in [0, 0.05) is 33.7 Å². The second-order valence-corrected chi connectivity index (χ2v) is 7.25. The van der Waals surface area contributed by atoms with Gasteiger partial charge in [-0.25, -0.2) is 0 Å². The lowest BCUT2D eigenvalue weighted by molar-refractivity contribution is -0.143. The van der Waals surface area contributed by atoms with Gasteiger partial charge in [-0.3, -0.25) is 9.78 Å². The zero-order valence-electron chi connectivity index (χ0n) is 16.7. The Labute approximate surface area is 164 Å². The quantitative estimate of drug-likeness (QED) is 0.454. The van der Waals surface area contributed by atoms with Gasteiger partial charge in [-0.2, -0.15) is 0 Å². The summed E-state index contributed by atoms with van der Waals surface area (Å²) < 4.78 is 7.26. The van der Waals surface area contributed by atoms with Gasteiger partial charge in [-0.15, -0.1) is 0 Å². The highest BCUT2D eigenvalue weighted by molar-refractivity contribution is 6.06. The van der Waals surface area contributed by atoms with E-state index in [1.54, 1.807) is 0 Å². The summed E-state index contributed by atoms with van der Waals surface area (Å²) in [6.45, 7) is 8.67. The van der Waals surface area contributed by atoms with Crippen LogP contribution in [-0.2, 0) is 16.1 Å². The van der Waals surface area contributed by atoms with Crippen LogP contribution in [0.15, 0.2) is 48.7 Å². The Morgan fingerprint density at radius 3 is 2.54 bits per heavy atom. The molecule has 0 atom stereocenters. The Bertz CT molecular complexity index is 1200. The first-order chi connectivity index (χ1) is 13.5. The van der Waals surface area contributed by atoms with Crippen LogP contribution in [0.3, 0.4) is 0 Å². The van der Waals surface area contributed by atoms with Crippen molar-refractivity contribution in [3.05, 3.63) is 65.5 Å². The molecule has 0 unspecified atom stereocenters. The molecule has 2 aromatic carbocycles. The maximum atomic E-state index is 12.2. The molecule has 28 heavy (non-hydrogen) atoms. The largest absolute Gasteiger partial charge is 0.465 e. The van der Waals surface area contributed by atoms with Crippen molar-refractivity contribution < 1.29 is 9.53 Å². The number of esters is 1. The number of carbonyl (C=O) groups excluding carboxylic acids is 1. The molecule has 0 spiro atoms. The van der Waals surface area contributed by atoms with E-state index in [2.05, 4.69) is 72.8 Å². The maximum Gasteiger partial charge on any atom is 0.325 e. The number of ether oxygens (including phenoxy) is 1. The number of carbonyl (C=O) groups is 1. The summed E-state index contributed by atoms with van der Waals surface area (Å²) in [6, 6.07) is 14.8. The summed E-state index contributed by atoms with van der Waals surface area (Å²) >= 11 is 0. The second kappa shape index (κ2) is 7.12. The number of fused-ring (bicyclic) bond motifs is 2. The molecule has 0 saturated heterocycles. The van der Waals surface area contributed by atoms with Crippen LogP contribution in [-0.4, -0.2) is 22.1 Å². The normalized spacial score (nSPS) is 11.3. The first-order valence-corrected chi connectivity index (χ1v) is 9.60. The highest BCUT2D eigenvalue weighted by Gasteiger charge is 2.19. The van der Waals surface area contributed by atoms with Crippen molar-refractivity contribution in [3.63, 3.8) is 0 Å². The SMILES string of the molecule is CCOC(=O)Cn1c(C)c(-c2ccnc3cc(C)ccc23)c2cc(C)ccc21. The van der Waals surface area contributed by atoms with Gasteiger partial charge in [0.2, 0.25) is 0 Å². The Kier molecular flexibility index (Phi) is 4.63. The van der Waals surface area contributed by atoms with Crippen molar-refractivity contribution in [1.82, 2.24) is 9.55 Å². The number of aromatic nitrogens is 2. The van der Waals surface area contributed by atoms with E-state index in [1.165, 1.54) is 11.1 Å². The van der Waals surface area contributed by atoms with Crippen molar-refractivity contribution >= 4 is 27.8 Å². The van der Waals surface area contributed by atoms with Gasteiger partial charge in [0.1, 0.15) is 6.54 Å². The average molecular weight is 372 g/mol. The number of benzene rings is 2. The van der Waals surface area contributed by atoms with E-state index in [4.69, 9.17) is 4.74 Å². The minimum absolute atomic E-state index is 0.210. The smallest absolute Gasteiger partial charge is 0.325 e. The van der Waals surface area contributed by atoms with E-state index >= 15 is 0 Å². The highest BCUT2D eigenvalue weighted by Crippen LogP contribution is 2.38. The fourth-order valence-electron chi connectivity index (χ4n) is 3.95. The third-order valence-electron chi connectivity index (χ3n) is 5.24. The number of aryl methyl sites for hydroxylation is 2. The minimum Gasteiger partial charge on any atom is -0.465 e. The van der Waals surface area contributed by atoms with Crippen LogP contribution in [0.5, 0.6) is 0 Å². The fraction of sp³-hybridized carbons (Fsp3) is 0.250. The van der Waals surface area contributed by atoms with E-state index in [-0.39, 0.29) is 12.5 Å². The Balaban J connectivity index is 2.01. The van der Waals surface area contributed by atoms with Crippen LogP contribution in [0.25, 0.3) is 32.9 Å². The van der Waals surface area contributed by atoms with E-state index < -0.39 is 0 Å². The molecule has 0 N–H and O–H groups in total. The number of hydrogen-bond acceptors (Lipinski definition) is 3. The van der Waals surface area contributed by atoms with Gasteiger partial charge in [0.15, 0.2) is 0 Å². The molecule has 4 aromatic rings. The molecule has 0 aliphatic heterocycles. The second-order valence-electron chi connectivity index (χ2n) is 7.25. The molecule has 2 aromatic heterocycles. The topological polar surface area (TPSA) is 44.1 Å². The van der Waals surface area contributed by atoms with E-state index in [1.807, 2.05) is 13.1 Å². The lowest BCUT2D eigenvalue weighted by Crippen LogP contribution is -2.14. The Morgan fingerprint density at radius 2 is 1.75 bits per heavy atom. The summed E-state index contributed by atoms with van der Waals surface area (Å²) in [7, 11) is 0. The van der Waals surface area contributed by atoms with Gasteiger partial charge >= 0.3 is 5.97 Å². The van der Waals surface area contributed by atoms with Gasteiger partial charge in [0.05, 0.1) is 12.1 Å². The lowest BCUT2D eigenvalue weighted by Gasteiger charge is -2.10.